The number of nitrogens with two attached hydrogens (primary N) is 1. The predicted octanol–water partition coefficient (Wildman–Crippen LogP) is 1.15. The highest BCUT2D eigenvalue weighted by atomic mass is 16.5. The minimum atomic E-state index is 0.627. The Hall–Kier alpha value is -1.55. The number of rotatable bonds is 3. The van der Waals surface area contributed by atoms with Crippen LogP contribution in [0, 0.1) is 6.92 Å². The molecule has 2 aromatic rings. The standard InChI is InChI=1S/C11H15N3O/c1-8-10(5-6-12)13-11-4-3-9(15-2)7-14(8)11/h3-4,7H,5-6,12H2,1-2H3. The summed E-state index contributed by atoms with van der Waals surface area (Å²) in [5.74, 6) is 0.835. The molecule has 80 valence electrons. The second kappa shape index (κ2) is 3.90. The van der Waals surface area contributed by atoms with E-state index < -0.39 is 0 Å². The van der Waals surface area contributed by atoms with Crippen LogP contribution in [0.2, 0.25) is 0 Å². The van der Waals surface area contributed by atoms with Gasteiger partial charge in [0.05, 0.1) is 19.0 Å². The van der Waals surface area contributed by atoms with E-state index in [-0.39, 0.29) is 0 Å². The monoisotopic (exact) mass is 205 g/mol. The minimum absolute atomic E-state index is 0.627. The summed E-state index contributed by atoms with van der Waals surface area (Å²) in [4.78, 5) is 4.50. The van der Waals surface area contributed by atoms with Crippen LogP contribution in [-0.4, -0.2) is 23.0 Å². The van der Waals surface area contributed by atoms with Gasteiger partial charge >= 0.3 is 0 Å². The molecule has 0 aromatic carbocycles. The Morgan fingerprint density at radius 3 is 2.93 bits per heavy atom. The molecule has 0 aliphatic carbocycles. The molecule has 2 aromatic heterocycles. The lowest BCUT2D eigenvalue weighted by molar-refractivity contribution is 0.412. The van der Waals surface area contributed by atoms with Gasteiger partial charge in [-0.1, -0.05) is 0 Å². The average Bonchev–Trinajstić information content (AvgIpc) is 2.56. The number of nitrogens with zero attached hydrogens (tertiary/aromatic N) is 2. The lowest BCUT2D eigenvalue weighted by Crippen LogP contribution is -2.04. The summed E-state index contributed by atoms with van der Waals surface area (Å²) in [5.41, 5.74) is 8.67. The van der Waals surface area contributed by atoms with E-state index in [0.717, 1.165) is 29.2 Å². The molecule has 2 rings (SSSR count). The molecule has 4 heteroatoms. The van der Waals surface area contributed by atoms with Crippen LogP contribution in [0.15, 0.2) is 18.3 Å². The average molecular weight is 205 g/mol. The molecule has 2 heterocycles. The molecule has 0 saturated heterocycles. The zero-order valence-electron chi connectivity index (χ0n) is 9.03. The molecule has 0 fully saturated rings. The van der Waals surface area contributed by atoms with Crippen molar-refractivity contribution in [2.75, 3.05) is 13.7 Å². The summed E-state index contributed by atoms with van der Waals surface area (Å²) in [6.45, 7) is 2.67. The number of methoxy groups -OCH3 is 1. The molecule has 0 aliphatic heterocycles. The zero-order chi connectivity index (χ0) is 10.8. The SMILES string of the molecule is COc1ccc2nc(CCN)c(C)n2c1. The van der Waals surface area contributed by atoms with Gasteiger partial charge in [0, 0.05) is 12.1 Å². The van der Waals surface area contributed by atoms with Gasteiger partial charge in [0.25, 0.3) is 0 Å². The fraction of sp³-hybridized carbons (Fsp3) is 0.364. The summed E-state index contributed by atoms with van der Waals surface area (Å²) in [5, 5.41) is 0. The van der Waals surface area contributed by atoms with E-state index in [4.69, 9.17) is 10.5 Å². The maximum absolute atomic E-state index is 5.53. The summed E-state index contributed by atoms with van der Waals surface area (Å²) in [6.07, 6.45) is 2.76. The van der Waals surface area contributed by atoms with Crippen molar-refractivity contribution < 1.29 is 4.74 Å². The topological polar surface area (TPSA) is 52.5 Å². The Morgan fingerprint density at radius 1 is 1.47 bits per heavy atom. The Morgan fingerprint density at radius 2 is 2.27 bits per heavy atom. The lowest BCUT2D eigenvalue weighted by Gasteiger charge is -2.01. The molecule has 0 saturated carbocycles. The van der Waals surface area contributed by atoms with Gasteiger partial charge in [0.1, 0.15) is 11.4 Å². The van der Waals surface area contributed by atoms with Gasteiger partial charge in [0.2, 0.25) is 0 Å². The van der Waals surface area contributed by atoms with Crippen LogP contribution in [0.4, 0.5) is 0 Å². The molecule has 0 bridgehead atoms. The number of aromatic nitrogens is 2. The fourth-order valence-electron chi connectivity index (χ4n) is 1.69. The van der Waals surface area contributed by atoms with E-state index in [0.29, 0.717) is 6.54 Å². The molecule has 0 atom stereocenters. The second-order valence-electron chi connectivity index (χ2n) is 3.48. The Kier molecular flexibility index (Phi) is 2.60. The molecular weight excluding hydrogens is 190 g/mol. The van der Waals surface area contributed by atoms with E-state index in [9.17, 15) is 0 Å². The minimum Gasteiger partial charge on any atom is -0.495 e. The number of pyridine rings is 1. The highest BCUT2D eigenvalue weighted by molar-refractivity contribution is 5.45. The van der Waals surface area contributed by atoms with Crippen LogP contribution in [0.3, 0.4) is 0 Å². The quantitative estimate of drug-likeness (QED) is 0.817. The number of fused-ring (bicyclic) bond motifs is 1. The van der Waals surface area contributed by atoms with Gasteiger partial charge in [-0.05, 0) is 25.6 Å². The van der Waals surface area contributed by atoms with Crippen LogP contribution in [0.5, 0.6) is 5.75 Å². The summed E-state index contributed by atoms with van der Waals surface area (Å²) < 4.78 is 7.20. The van der Waals surface area contributed by atoms with Crippen LogP contribution < -0.4 is 10.5 Å². The molecule has 0 radical (unpaired) electrons. The number of imidazole rings is 1. The van der Waals surface area contributed by atoms with Crippen molar-refractivity contribution in [1.82, 2.24) is 9.38 Å². The van der Waals surface area contributed by atoms with Crippen molar-refractivity contribution in [1.29, 1.82) is 0 Å². The third-order valence-electron chi connectivity index (χ3n) is 2.55. The third-order valence-corrected chi connectivity index (χ3v) is 2.55. The first kappa shape index (κ1) is 9.98. The van der Waals surface area contributed by atoms with Crippen LogP contribution in [-0.2, 0) is 6.42 Å². The van der Waals surface area contributed by atoms with Gasteiger partial charge in [-0.15, -0.1) is 0 Å². The molecular formula is C11H15N3O. The van der Waals surface area contributed by atoms with Crippen molar-refractivity contribution in [2.24, 2.45) is 5.73 Å². The van der Waals surface area contributed by atoms with Crippen molar-refractivity contribution in [3.8, 4) is 5.75 Å². The first-order valence-corrected chi connectivity index (χ1v) is 4.98. The van der Waals surface area contributed by atoms with E-state index in [1.807, 2.05) is 29.7 Å². The summed E-state index contributed by atoms with van der Waals surface area (Å²) in [7, 11) is 1.66. The Balaban J connectivity index is 2.56. The maximum Gasteiger partial charge on any atom is 0.137 e. The van der Waals surface area contributed by atoms with Crippen molar-refractivity contribution in [3.63, 3.8) is 0 Å². The fourth-order valence-corrected chi connectivity index (χ4v) is 1.69. The number of aryl methyl sites for hydroxylation is 1. The maximum atomic E-state index is 5.53. The first-order chi connectivity index (χ1) is 7.26. The molecule has 0 aliphatic rings. The van der Waals surface area contributed by atoms with Crippen molar-refractivity contribution in [3.05, 3.63) is 29.7 Å². The van der Waals surface area contributed by atoms with Gasteiger partial charge in [0.15, 0.2) is 0 Å². The van der Waals surface area contributed by atoms with E-state index in [1.54, 1.807) is 7.11 Å². The zero-order valence-corrected chi connectivity index (χ0v) is 9.03. The molecule has 15 heavy (non-hydrogen) atoms. The second-order valence-corrected chi connectivity index (χ2v) is 3.48. The Bertz CT molecular complexity index is 476. The smallest absolute Gasteiger partial charge is 0.137 e. The van der Waals surface area contributed by atoms with Crippen molar-refractivity contribution >= 4 is 5.65 Å². The van der Waals surface area contributed by atoms with Gasteiger partial charge < -0.3 is 14.9 Å². The summed E-state index contributed by atoms with van der Waals surface area (Å²) in [6, 6.07) is 3.86. The number of hydrogen-bond donors (Lipinski definition) is 1. The number of hydrogen-bond acceptors (Lipinski definition) is 3. The number of ether oxygens (including phenoxy) is 1. The van der Waals surface area contributed by atoms with E-state index in [2.05, 4.69) is 4.98 Å². The molecule has 0 amide bonds. The predicted molar refractivity (Wildman–Crippen MR) is 59.2 cm³/mol. The van der Waals surface area contributed by atoms with Gasteiger partial charge in [-0.2, -0.15) is 0 Å². The lowest BCUT2D eigenvalue weighted by atomic mass is 10.2. The molecule has 0 unspecified atom stereocenters. The molecule has 0 spiro atoms. The van der Waals surface area contributed by atoms with Crippen LogP contribution in [0.1, 0.15) is 11.4 Å². The van der Waals surface area contributed by atoms with Crippen LogP contribution >= 0.6 is 0 Å². The van der Waals surface area contributed by atoms with Crippen LogP contribution in [0.25, 0.3) is 5.65 Å². The summed E-state index contributed by atoms with van der Waals surface area (Å²) >= 11 is 0. The normalized spacial score (nSPS) is 10.9. The molecule has 4 nitrogen and oxygen atoms in total. The van der Waals surface area contributed by atoms with Gasteiger partial charge in [-0.3, -0.25) is 0 Å². The first-order valence-electron chi connectivity index (χ1n) is 4.98. The Labute approximate surface area is 88.7 Å². The molecule has 2 N–H and O–H groups in total. The third kappa shape index (κ3) is 1.68. The van der Waals surface area contributed by atoms with Gasteiger partial charge in [-0.25, -0.2) is 4.98 Å². The van der Waals surface area contributed by atoms with Crippen molar-refractivity contribution in [2.45, 2.75) is 13.3 Å². The largest absolute Gasteiger partial charge is 0.495 e. The highest BCUT2D eigenvalue weighted by Crippen LogP contribution is 2.17. The van der Waals surface area contributed by atoms with E-state index in [1.165, 1.54) is 0 Å². The highest BCUT2D eigenvalue weighted by Gasteiger charge is 2.07. The van der Waals surface area contributed by atoms with E-state index >= 15 is 0 Å².